The zero-order valence-electron chi connectivity index (χ0n) is 10.1. The van der Waals surface area contributed by atoms with Crippen LogP contribution in [-0.2, 0) is 6.54 Å². The molecule has 2 heteroatoms. The fraction of sp³-hybridized carbons (Fsp3) is 0.333. The summed E-state index contributed by atoms with van der Waals surface area (Å²) in [5, 5.41) is 5.97. The first-order chi connectivity index (χ1) is 8.36. The van der Waals surface area contributed by atoms with E-state index >= 15 is 0 Å². The molecule has 0 bridgehead atoms. The SMILES string of the molecule is COc1cc(CNC2CC2)cc2ccccc12. The van der Waals surface area contributed by atoms with Gasteiger partial charge in [0.15, 0.2) is 0 Å². The molecule has 1 N–H and O–H groups in total. The van der Waals surface area contributed by atoms with Crippen LogP contribution in [0.4, 0.5) is 0 Å². The summed E-state index contributed by atoms with van der Waals surface area (Å²) in [5.74, 6) is 0.968. The molecule has 0 radical (unpaired) electrons. The van der Waals surface area contributed by atoms with Crippen LogP contribution in [0.2, 0.25) is 0 Å². The first kappa shape index (κ1) is 10.6. The normalized spacial score (nSPS) is 15.1. The molecule has 88 valence electrons. The maximum Gasteiger partial charge on any atom is 0.127 e. The van der Waals surface area contributed by atoms with Gasteiger partial charge in [0.05, 0.1) is 7.11 Å². The quantitative estimate of drug-likeness (QED) is 0.866. The van der Waals surface area contributed by atoms with Gasteiger partial charge in [0.2, 0.25) is 0 Å². The van der Waals surface area contributed by atoms with Crippen LogP contribution in [-0.4, -0.2) is 13.2 Å². The van der Waals surface area contributed by atoms with E-state index in [1.54, 1.807) is 7.11 Å². The van der Waals surface area contributed by atoms with Gasteiger partial charge in [-0.05, 0) is 35.9 Å². The molecular formula is C15H17NO. The van der Waals surface area contributed by atoms with Gasteiger partial charge in [-0.15, -0.1) is 0 Å². The molecule has 0 aliphatic heterocycles. The van der Waals surface area contributed by atoms with E-state index in [-0.39, 0.29) is 0 Å². The van der Waals surface area contributed by atoms with Crippen LogP contribution in [0, 0.1) is 0 Å². The molecule has 0 atom stereocenters. The predicted molar refractivity (Wildman–Crippen MR) is 70.4 cm³/mol. The summed E-state index contributed by atoms with van der Waals surface area (Å²) < 4.78 is 5.46. The van der Waals surface area contributed by atoms with Crippen molar-refractivity contribution in [1.82, 2.24) is 5.32 Å². The molecule has 1 aliphatic rings. The van der Waals surface area contributed by atoms with Gasteiger partial charge in [0.1, 0.15) is 5.75 Å². The zero-order chi connectivity index (χ0) is 11.7. The van der Waals surface area contributed by atoms with E-state index in [4.69, 9.17) is 4.74 Å². The summed E-state index contributed by atoms with van der Waals surface area (Å²) in [6.45, 7) is 0.936. The van der Waals surface area contributed by atoms with Crippen molar-refractivity contribution < 1.29 is 4.74 Å². The fourth-order valence-corrected chi connectivity index (χ4v) is 2.16. The van der Waals surface area contributed by atoms with Crippen molar-refractivity contribution in [2.45, 2.75) is 25.4 Å². The summed E-state index contributed by atoms with van der Waals surface area (Å²) in [6, 6.07) is 13.5. The van der Waals surface area contributed by atoms with E-state index < -0.39 is 0 Å². The van der Waals surface area contributed by atoms with Gasteiger partial charge in [0, 0.05) is 18.0 Å². The minimum absolute atomic E-state index is 0.743. The van der Waals surface area contributed by atoms with Gasteiger partial charge in [-0.2, -0.15) is 0 Å². The van der Waals surface area contributed by atoms with E-state index in [2.05, 4.69) is 35.6 Å². The molecule has 0 heterocycles. The minimum atomic E-state index is 0.743. The Morgan fingerprint density at radius 3 is 2.82 bits per heavy atom. The average molecular weight is 227 g/mol. The van der Waals surface area contributed by atoms with Crippen LogP contribution in [0.15, 0.2) is 36.4 Å². The third kappa shape index (κ3) is 2.27. The molecule has 2 aromatic rings. The predicted octanol–water partition coefficient (Wildman–Crippen LogP) is 3.10. The number of methoxy groups -OCH3 is 1. The lowest BCUT2D eigenvalue weighted by Gasteiger charge is -2.09. The highest BCUT2D eigenvalue weighted by Gasteiger charge is 2.20. The highest BCUT2D eigenvalue weighted by Crippen LogP contribution is 2.28. The molecule has 0 amide bonds. The Balaban J connectivity index is 1.95. The molecule has 2 nitrogen and oxygen atoms in total. The smallest absolute Gasteiger partial charge is 0.127 e. The number of nitrogens with one attached hydrogen (secondary N) is 1. The number of benzene rings is 2. The molecule has 17 heavy (non-hydrogen) atoms. The molecular weight excluding hydrogens is 210 g/mol. The van der Waals surface area contributed by atoms with Crippen molar-refractivity contribution in [2.24, 2.45) is 0 Å². The summed E-state index contributed by atoms with van der Waals surface area (Å²) in [6.07, 6.45) is 2.65. The molecule has 2 aromatic carbocycles. The average Bonchev–Trinajstić information content (AvgIpc) is 3.19. The molecule has 1 saturated carbocycles. The Bertz CT molecular complexity index is 531. The Morgan fingerprint density at radius 1 is 1.24 bits per heavy atom. The van der Waals surface area contributed by atoms with Gasteiger partial charge in [-0.1, -0.05) is 24.3 Å². The largest absolute Gasteiger partial charge is 0.496 e. The van der Waals surface area contributed by atoms with Crippen LogP contribution < -0.4 is 10.1 Å². The second-order valence-corrected chi connectivity index (χ2v) is 4.67. The second kappa shape index (κ2) is 4.38. The molecule has 1 aliphatic carbocycles. The van der Waals surface area contributed by atoms with Crippen LogP contribution in [0.3, 0.4) is 0 Å². The number of hydrogen-bond acceptors (Lipinski definition) is 2. The molecule has 0 unspecified atom stereocenters. The standard InChI is InChI=1S/C15H17NO/c1-17-15-9-11(10-16-13-6-7-13)8-12-4-2-3-5-14(12)15/h2-5,8-9,13,16H,6-7,10H2,1H3. The number of rotatable bonds is 4. The first-order valence-corrected chi connectivity index (χ1v) is 6.16. The molecule has 0 saturated heterocycles. The molecule has 1 fully saturated rings. The topological polar surface area (TPSA) is 21.3 Å². The van der Waals surface area contributed by atoms with Crippen molar-refractivity contribution in [3.8, 4) is 5.75 Å². The van der Waals surface area contributed by atoms with E-state index in [1.807, 2.05) is 6.07 Å². The summed E-state index contributed by atoms with van der Waals surface area (Å²) in [4.78, 5) is 0. The number of hydrogen-bond donors (Lipinski definition) is 1. The van der Waals surface area contributed by atoms with Gasteiger partial charge in [-0.3, -0.25) is 0 Å². The summed E-state index contributed by atoms with van der Waals surface area (Å²) in [7, 11) is 1.74. The molecule has 3 rings (SSSR count). The monoisotopic (exact) mass is 227 g/mol. The van der Waals surface area contributed by atoms with Crippen LogP contribution in [0.25, 0.3) is 10.8 Å². The van der Waals surface area contributed by atoms with Gasteiger partial charge in [-0.25, -0.2) is 0 Å². The lowest BCUT2D eigenvalue weighted by molar-refractivity contribution is 0.419. The highest BCUT2D eigenvalue weighted by molar-refractivity contribution is 5.89. The zero-order valence-corrected chi connectivity index (χ0v) is 10.1. The van der Waals surface area contributed by atoms with Crippen molar-refractivity contribution >= 4 is 10.8 Å². The Kier molecular flexibility index (Phi) is 2.73. The number of fused-ring (bicyclic) bond motifs is 1. The lowest BCUT2D eigenvalue weighted by Crippen LogP contribution is -2.15. The van der Waals surface area contributed by atoms with Crippen molar-refractivity contribution in [2.75, 3.05) is 7.11 Å². The van der Waals surface area contributed by atoms with Crippen LogP contribution in [0.5, 0.6) is 5.75 Å². The highest BCUT2D eigenvalue weighted by atomic mass is 16.5. The van der Waals surface area contributed by atoms with Gasteiger partial charge in [0.25, 0.3) is 0 Å². The van der Waals surface area contributed by atoms with E-state index in [0.29, 0.717) is 0 Å². The molecule has 0 spiro atoms. The Morgan fingerprint density at radius 2 is 2.06 bits per heavy atom. The number of ether oxygens (including phenoxy) is 1. The van der Waals surface area contributed by atoms with Gasteiger partial charge < -0.3 is 10.1 Å². The third-order valence-electron chi connectivity index (χ3n) is 3.28. The van der Waals surface area contributed by atoms with Crippen molar-refractivity contribution in [3.63, 3.8) is 0 Å². The second-order valence-electron chi connectivity index (χ2n) is 4.67. The molecule has 0 aromatic heterocycles. The maximum atomic E-state index is 5.46. The van der Waals surface area contributed by atoms with Crippen LogP contribution in [0.1, 0.15) is 18.4 Å². The van der Waals surface area contributed by atoms with E-state index in [9.17, 15) is 0 Å². The summed E-state index contributed by atoms with van der Waals surface area (Å²) in [5.41, 5.74) is 1.30. The van der Waals surface area contributed by atoms with E-state index in [0.717, 1.165) is 18.3 Å². The fourth-order valence-electron chi connectivity index (χ4n) is 2.16. The Labute approximate surface area is 102 Å². The first-order valence-electron chi connectivity index (χ1n) is 6.16. The Hall–Kier alpha value is -1.54. The van der Waals surface area contributed by atoms with E-state index in [1.165, 1.54) is 29.2 Å². The summed E-state index contributed by atoms with van der Waals surface area (Å²) >= 11 is 0. The third-order valence-corrected chi connectivity index (χ3v) is 3.28. The van der Waals surface area contributed by atoms with Crippen molar-refractivity contribution in [1.29, 1.82) is 0 Å². The minimum Gasteiger partial charge on any atom is -0.496 e. The van der Waals surface area contributed by atoms with Gasteiger partial charge >= 0.3 is 0 Å². The maximum absolute atomic E-state index is 5.46. The van der Waals surface area contributed by atoms with Crippen LogP contribution >= 0.6 is 0 Å². The van der Waals surface area contributed by atoms with Crippen molar-refractivity contribution in [3.05, 3.63) is 42.0 Å². The lowest BCUT2D eigenvalue weighted by atomic mass is 10.1.